The Morgan fingerprint density at radius 2 is 0.884 bits per heavy atom. The molecule has 0 spiro atoms. The predicted molar refractivity (Wildman–Crippen MR) is 178 cm³/mol. The van der Waals surface area contributed by atoms with Gasteiger partial charge in [0.05, 0.1) is 5.39 Å². The number of fused-ring (bicyclic) bond motifs is 3. The van der Waals surface area contributed by atoms with E-state index in [1.807, 2.05) is 0 Å². The fraction of sp³-hybridized carbons (Fsp3) is 0. The Morgan fingerprint density at radius 3 is 1.51 bits per heavy atom. The first kappa shape index (κ1) is 23.9. The van der Waals surface area contributed by atoms with Crippen molar-refractivity contribution >= 4 is 32.8 Å². The zero-order chi connectivity index (χ0) is 28.3. The van der Waals surface area contributed by atoms with Gasteiger partial charge in [0.2, 0.25) is 0 Å². The highest BCUT2D eigenvalue weighted by Gasteiger charge is 2.34. The van der Waals surface area contributed by atoms with Gasteiger partial charge in [-0.25, -0.2) is 0 Å². The van der Waals surface area contributed by atoms with Crippen LogP contribution in [0.4, 0.5) is 0 Å². The average Bonchev–Trinajstić information content (AvgIpc) is 3.43. The van der Waals surface area contributed by atoms with Gasteiger partial charge in [0, 0.05) is 33.0 Å². The number of rotatable bonds is 4. The van der Waals surface area contributed by atoms with Crippen molar-refractivity contribution < 1.29 is 4.40 Å². The Kier molecular flexibility index (Phi) is 5.23. The molecule has 0 bridgehead atoms. The summed E-state index contributed by atoms with van der Waals surface area (Å²) in [7, 11) is 0. The van der Waals surface area contributed by atoms with Crippen LogP contribution in [0.2, 0.25) is 0 Å². The van der Waals surface area contributed by atoms with Crippen LogP contribution in [0.15, 0.2) is 164 Å². The van der Waals surface area contributed by atoms with Gasteiger partial charge in [-0.2, -0.15) is 8.80 Å². The Labute approximate surface area is 249 Å². The molecule has 0 atom stereocenters. The second-order valence-electron chi connectivity index (χ2n) is 11.1. The van der Waals surface area contributed by atoms with E-state index >= 15 is 0 Å². The van der Waals surface area contributed by atoms with Gasteiger partial charge >= 0.3 is 5.65 Å². The molecular formula is C41H27N2+. The van der Waals surface area contributed by atoms with Gasteiger partial charge in [0.25, 0.3) is 0 Å². The van der Waals surface area contributed by atoms with Crippen molar-refractivity contribution in [3.63, 3.8) is 0 Å². The Hall–Kier alpha value is -5.73. The summed E-state index contributed by atoms with van der Waals surface area (Å²) >= 11 is 0. The van der Waals surface area contributed by atoms with E-state index in [0.717, 1.165) is 0 Å². The maximum atomic E-state index is 2.52. The Balaban J connectivity index is 1.65. The number of pyridine rings is 2. The molecule has 2 heteroatoms. The molecular weight excluding hydrogens is 520 g/mol. The first-order valence-corrected chi connectivity index (χ1v) is 14.8. The molecule has 0 aliphatic carbocycles. The van der Waals surface area contributed by atoms with Crippen LogP contribution in [-0.2, 0) is 0 Å². The largest absolute Gasteiger partial charge is 0.301 e. The summed E-state index contributed by atoms with van der Waals surface area (Å²) in [6, 6.07) is 59.2. The van der Waals surface area contributed by atoms with Crippen molar-refractivity contribution in [1.82, 2.24) is 4.40 Å². The smallest absolute Gasteiger partial charge is 0.186 e. The fourth-order valence-corrected chi connectivity index (χ4v) is 7.07. The SMILES string of the molecule is c1ccc(-c2c(-c3ccccc3)n3c4ccccc4[n+]4c(-c5ccccc5)c(-c5ccccc5)c5cccc2c5c34)cc1. The first-order valence-electron chi connectivity index (χ1n) is 14.8. The summed E-state index contributed by atoms with van der Waals surface area (Å²) in [5.74, 6) is 0. The minimum Gasteiger partial charge on any atom is -0.186 e. The normalized spacial score (nSPS) is 11.7. The van der Waals surface area contributed by atoms with Crippen LogP contribution < -0.4 is 4.40 Å². The molecule has 0 amide bonds. The van der Waals surface area contributed by atoms with E-state index in [-0.39, 0.29) is 0 Å². The molecule has 200 valence electrons. The predicted octanol–water partition coefficient (Wildman–Crippen LogP) is 10.1. The zero-order valence-corrected chi connectivity index (χ0v) is 23.5. The van der Waals surface area contributed by atoms with Gasteiger partial charge in [0.1, 0.15) is 11.4 Å². The zero-order valence-electron chi connectivity index (χ0n) is 23.5. The van der Waals surface area contributed by atoms with Crippen LogP contribution in [0.5, 0.6) is 0 Å². The van der Waals surface area contributed by atoms with E-state index in [1.165, 1.54) is 77.6 Å². The summed E-state index contributed by atoms with van der Waals surface area (Å²) in [4.78, 5) is 0. The summed E-state index contributed by atoms with van der Waals surface area (Å²) in [5.41, 5.74) is 13.3. The van der Waals surface area contributed by atoms with Crippen LogP contribution in [0.25, 0.3) is 77.6 Å². The first-order chi connectivity index (χ1) is 21.4. The maximum Gasteiger partial charge on any atom is 0.301 e. The highest BCUT2D eigenvalue weighted by molar-refractivity contribution is 6.20. The Bertz CT molecular complexity index is 2240. The van der Waals surface area contributed by atoms with Gasteiger partial charge in [-0.05, 0) is 23.3 Å². The van der Waals surface area contributed by atoms with Gasteiger partial charge in [0.15, 0.2) is 11.0 Å². The molecule has 43 heavy (non-hydrogen) atoms. The number of imidazole rings is 1. The fourth-order valence-electron chi connectivity index (χ4n) is 7.07. The van der Waals surface area contributed by atoms with Crippen LogP contribution in [-0.4, -0.2) is 4.40 Å². The van der Waals surface area contributed by atoms with Crippen molar-refractivity contribution in [3.05, 3.63) is 164 Å². The molecule has 0 saturated heterocycles. The van der Waals surface area contributed by atoms with Gasteiger partial charge in [-0.1, -0.05) is 152 Å². The van der Waals surface area contributed by atoms with Gasteiger partial charge in [-0.15, -0.1) is 0 Å². The molecule has 0 N–H and O–H groups in total. The molecule has 0 aliphatic rings. The minimum atomic E-state index is 1.19. The summed E-state index contributed by atoms with van der Waals surface area (Å²) < 4.78 is 5.03. The molecule has 3 aromatic heterocycles. The van der Waals surface area contributed by atoms with Crippen molar-refractivity contribution in [1.29, 1.82) is 0 Å². The van der Waals surface area contributed by atoms with Crippen LogP contribution in [0, 0.1) is 0 Å². The molecule has 3 heterocycles. The summed E-state index contributed by atoms with van der Waals surface area (Å²) in [6.45, 7) is 0. The standard InChI is InChI=1S/C41H27N2/c1-5-16-28(17-6-1)36-32-24-15-25-33-37(29-18-7-2-8-19-29)40(31-22-11-4-12-23-31)43-35-27-14-13-26-34(35)42(41(43)38(32)33)39(36)30-20-9-3-10-21-30/h1-27H/q+1. The lowest BCUT2D eigenvalue weighted by Gasteiger charge is -2.18. The lowest BCUT2D eigenvalue weighted by atomic mass is 9.88. The lowest BCUT2D eigenvalue weighted by Crippen LogP contribution is -2.26. The van der Waals surface area contributed by atoms with E-state index in [9.17, 15) is 0 Å². The summed E-state index contributed by atoms with van der Waals surface area (Å²) in [6.07, 6.45) is 0. The highest BCUT2D eigenvalue weighted by atomic mass is 15.1. The second kappa shape index (κ2) is 9.40. The van der Waals surface area contributed by atoms with Crippen molar-refractivity contribution in [3.8, 4) is 44.8 Å². The summed E-state index contributed by atoms with van der Waals surface area (Å²) in [5, 5.41) is 3.79. The van der Waals surface area contributed by atoms with E-state index in [0.29, 0.717) is 0 Å². The molecule has 0 fully saturated rings. The number of benzene rings is 6. The van der Waals surface area contributed by atoms with Crippen molar-refractivity contribution in [2.45, 2.75) is 0 Å². The molecule has 0 aliphatic heterocycles. The Morgan fingerprint density at radius 1 is 0.395 bits per heavy atom. The van der Waals surface area contributed by atoms with E-state index < -0.39 is 0 Å². The number of aromatic nitrogens is 2. The van der Waals surface area contributed by atoms with Gasteiger partial charge in [-0.3, -0.25) is 0 Å². The molecule has 0 radical (unpaired) electrons. The third-order valence-electron chi connectivity index (χ3n) is 8.75. The topological polar surface area (TPSA) is 8.51 Å². The lowest BCUT2D eigenvalue weighted by molar-refractivity contribution is -0.466. The quantitative estimate of drug-likeness (QED) is 0.194. The third kappa shape index (κ3) is 3.44. The third-order valence-corrected chi connectivity index (χ3v) is 8.75. The van der Waals surface area contributed by atoms with E-state index in [2.05, 4.69) is 173 Å². The molecule has 9 aromatic rings. The number of nitrogens with zero attached hydrogens (tertiary/aromatic N) is 2. The van der Waals surface area contributed by atoms with Crippen LogP contribution in [0.1, 0.15) is 0 Å². The monoisotopic (exact) mass is 547 g/mol. The van der Waals surface area contributed by atoms with Gasteiger partial charge < -0.3 is 0 Å². The van der Waals surface area contributed by atoms with Crippen LogP contribution >= 0.6 is 0 Å². The second-order valence-corrected chi connectivity index (χ2v) is 11.1. The van der Waals surface area contributed by atoms with E-state index in [4.69, 9.17) is 0 Å². The highest BCUT2D eigenvalue weighted by Crippen LogP contribution is 2.47. The average molecular weight is 548 g/mol. The van der Waals surface area contributed by atoms with E-state index in [1.54, 1.807) is 0 Å². The number of hydrogen-bond acceptors (Lipinski definition) is 0. The van der Waals surface area contributed by atoms with Crippen molar-refractivity contribution in [2.24, 2.45) is 0 Å². The number of hydrogen-bond donors (Lipinski definition) is 0. The molecule has 2 nitrogen and oxygen atoms in total. The number of para-hydroxylation sites is 2. The molecule has 0 unspecified atom stereocenters. The molecule has 0 saturated carbocycles. The van der Waals surface area contributed by atoms with Crippen molar-refractivity contribution in [2.75, 3.05) is 0 Å². The molecule has 6 aromatic carbocycles. The van der Waals surface area contributed by atoms with Crippen LogP contribution in [0.3, 0.4) is 0 Å². The maximum absolute atomic E-state index is 2.52. The molecule has 9 rings (SSSR count). The minimum absolute atomic E-state index is 1.19.